The third-order valence-electron chi connectivity index (χ3n) is 10.7. The van der Waals surface area contributed by atoms with Gasteiger partial charge in [0.15, 0.2) is 6.10 Å². The fourth-order valence-corrected chi connectivity index (χ4v) is 6.89. The van der Waals surface area contributed by atoms with Crippen LogP contribution >= 0.6 is 0 Å². The van der Waals surface area contributed by atoms with E-state index in [0.29, 0.717) is 12.8 Å². The second-order valence-corrected chi connectivity index (χ2v) is 15.7. The Bertz CT molecular complexity index is 695. The van der Waals surface area contributed by atoms with E-state index in [1.165, 1.54) is 186 Å². The van der Waals surface area contributed by atoms with Gasteiger partial charge < -0.3 is 14.6 Å². The second-order valence-electron chi connectivity index (χ2n) is 15.7. The monoisotopic (exact) mass is 709 g/mol. The van der Waals surface area contributed by atoms with Crippen LogP contribution in [0.25, 0.3) is 0 Å². The molecule has 0 aliphatic heterocycles. The van der Waals surface area contributed by atoms with Gasteiger partial charge >= 0.3 is 11.9 Å². The molecule has 0 radical (unpaired) electrons. The van der Waals surface area contributed by atoms with Crippen molar-refractivity contribution in [1.29, 1.82) is 0 Å². The first-order valence-electron chi connectivity index (χ1n) is 22.5. The molecule has 0 spiro atoms. The quantitative estimate of drug-likeness (QED) is 0.0505. The molecule has 5 heteroatoms. The van der Waals surface area contributed by atoms with Crippen LogP contribution in [-0.4, -0.2) is 36.4 Å². The summed E-state index contributed by atoms with van der Waals surface area (Å²) < 4.78 is 10.6. The highest BCUT2D eigenvalue weighted by Gasteiger charge is 2.16. The number of esters is 2. The Morgan fingerprint density at radius 1 is 0.460 bits per heavy atom. The van der Waals surface area contributed by atoms with Crippen LogP contribution < -0.4 is 0 Å². The number of rotatable bonds is 41. The van der Waals surface area contributed by atoms with Crippen LogP contribution in [0.3, 0.4) is 0 Å². The molecule has 0 bridgehead atoms. The minimum absolute atomic E-state index is 0.0570. The topological polar surface area (TPSA) is 72.8 Å². The molecule has 0 aromatic rings. The molecular formula is C45H88O5. The molecule has 0 aliphatic carbocycles. The highest BCUT2D eigenvalue weighted by atomic mass is 16.6. The Hall–Kier alpha value is -1.10. The molecule has 0 heterocycles. The van der Waals surface area contributed by atoms with Gasteiger partial charge in [0.2, 0.25) is 0 Å². The molecule has 50 heavy (non-hydrogen) atoms. The van der Waals surface area contributed by atoms with E-state index in [0.717, 1.165) is 38.0 Å². The molecular weight excluding hydrogens is 620 g/mol. The van der Waals surface area contributed by atoms with E-state index in [-0.39, 0.29) is 25.2 Å². The van der Waals surface area contributed by atoms with Crippen LogP contribution in [0.1, 0.15) is 252 Å². The number of hydrogen-bond donors (Lipinski definition) is 1. The molecule has 0 amide bonds. The normalized spacial score (nSPS) is 12.6. The molecule has 0 aromatic heterocycles. The van der Waals surface area contributed by atoms with Crippen molar-refractivity contribution in [2.24, 2.45) is 5.92 Å². The van der Waals surface area contributed by atoms with Gasteiger partial charge in [0.25, 0.3) is 0 Å². The van der Waals surface area contributed by atoms with Crippen LogP contribution in [0.4, 0.5) is 0 Å². The molecule has 1 N–H and O–H groups in total. The smallest absolute Gasteiger partial charge is 0.306 e. The van der Waals surface area contributed by atoms with Crippen LogP contribution in [0.5, 0.6) is 0 Å². The van der Waals surface area contributed by atoms with Crippen molar-refractivity contribution in [3.63, 3.8) is 0 Å². The third kappa shape index (κ3) is 38.1. The highest BCUT2D eigenvalue weighted by Crippen LogP contribution is 2.17. The average Bonchev–Trinajstić information content (AvgIpc) is 3.12. The summed E-state index contributed by atoms with van der Waals surface area (Å²) in [5.74, 6) is 0.343. The van der Waals surface area contributed by atoms with Crippen LogP contribution in [0.15, 0.2) is 0 Å². The van der Waals surface area contributed by atoms with Crippen LogP contribution in [-0.2, 0) is 19.1 Å². The summed E-state index contributed by atoms with van der Waals surface area (Å²) in [7, 11) is 0. The summed E-state index contributed by atoms with van der Waals surface area (Å²) in [6, 6.07) is 0. The summed E-state index contributed by atoms with van der Waals surface area (Å²) in [4.78, 5) is 24.3. The summed E-state index contributed by atoms with van der Waals surface area (Å²) in [5, 5.41) is 9.58. The molecule has 0 saturated heterocycles. The van der Waals surface area contributed by atoms with Gasteiger partial charge in [0.05, 0.1) is 6.61 Å². The van der Waals surface area contributed by atoms with E-state index in [1.54, 1.807) is 0 Å². The molecule has 1 unspecified atom stereocenters. The Kier molecular flexibility index (Phi) is 39.8. The minimum Gasteiger partial charge on any atom is -0.462 e. The molecule has 0 aliphatic rings. The fourth-order valence-electron chi connectivity index (χ4n) is 6.89. The number of carbonyl (C=O) groups excluding carboxylic acids is 2. The summed E-state index contributed by atoms with van der Waals surface area (Å²) in [5.41, 5.74) is 0. The van der Waals surface area contributed by atoms with Crippen molar-refractivity contribution in [2.45, 2.75) is 258 Å². The first-order valence-corrected chi connectivity index (χ1v) is 22.5. The first kappa shape index (κ1) is 48.9. The summed E-state index contributed by atoms with van der Waals surface area (Å²) in [6.45, 7) is 6.58. The molecule has 2 atom stereocenters. The van der Waals surface area contributed by atoms with Gasteiger partial charge in [-0.2, -0.15) is 0 Å². The Balaban J connectivity index is 3.45. The number of unbranched alkanes of at least 4 members (excludes halogenated alkanes) is 30. The maximum absolute atomic E-state index is 12.2. The first-order chi connectivity index (χ1) is 24.5. The number of aliphatic hydroxyl groups is 1. The maximum Gasteiger partial charge on any atom is 0.306 e. The Morgan fingerprint density at radius 2 is 0.780 bits per heavy atom. The van der Waals surface area contributed by atoms with E-state index in [2.05, 4.69) is 20.8 Å². The lowest BCUT2D eigenvalue weighted by atomic mass is 9.99. The van der Waals surface area contributed by atoms with E-state index < -0.39 is 6.10 Å². The van der Waals surface area contributed by atoms with Crippen LogP contribution in [0.2, 0.25) is 0 Å². The zero-order valence-electron chi connectivity index (χ0n) is 34.1. The lowest BCUT2D eigenvalue weighted by Gasteiger charge is -2.15. The van der Waals surface area contributed by atoms with Gasteiger partial charge in [-0.1, -0.05) is 226 Å². The SMILES string of the molecule is CCCCCCCCCCCCCCCCC(=O)O[C@@H](CO)COC(=O)CCCCCCCCCCCCCCCCCCCCC(C)CC. The van der Waals surface area contributed by atoms with Crippen LogP contribution in [0, 0.1) is 5.92 Å². The Labute approximate surface area is 312 Å². The average molecular weight is 709 g/mol. The van der Waals surface area contributed by atoms with Gasteiger partial charge in [-0.3, -0.25) is 9.59 Å². The van der Waals surface area contributed by atoms with Crippen molar-refractivity contribution < 1.29 is 24.2 Å². The molecule has 0 saturated carbocycles. The van der Waals surface area contributed by atoms with Crippen molar-refractivity contribution >= 4 is 11.9 Å². The number of hydrogen-bond acceptors (Lipinski definition) is 5. The third-order valence-corrected chi connectivity index (χ3v) is 10.7. The van der Waals surface area contributed by atoms with Crippen molar-refractivity contribution in [1.82, 2.24) is 0 Å². The van der Waals surface area contributed by atoms with E-state index in [1.807, 2.05) is 0 Å². The predicted octanol–water partition coefficient (Wildman–Crippen LogP) is 14.2. The van der Waals surface area contributed by atoms with Gasteiger partial charge in [-0.25, -0.2) is 0 Å². The largest absolute Gasteiger partial charge is 0.462 e. The molecule has 298 valence electrons. The molecule has 0 fully saturated rings. The van der Waals surface area contributed by atoms with E-state index in [9.17, 15) is 14.7 Å². The second kappa shape index (κ2) is 40.7. The number of carbonyl (C=O) groups is 2. The predicted molar refractivity (Wildman–Crippen MR) is 215 cm³/mol. The maximum atomic E-state index is 12.2. The van der Waals surface area contributed by atoms with Crippen molar-refractivity contribution in [2.75, 3.05) is 13.2 Å². The zero-order chi connectivity index (χ0) is 36.6. The lowest BCUT2D eigenvalue weighted by molar-refractivity contribution is -0.161. The summed E-state index contributed by atoms with van der Waals surface area (Å²) >= 11 is 0. The number of ether oxygens (including phenoxy) is 2. The van der Waals surface area contributed by atoms with Crippen molar-refractivity contribution in [3.05, 3.63) is 0 Å². The summed E-state index contributed by atoms with van der Waals surface area (Å²) in [6.07, 6.45) is 44.5. The lowest BCUT2D eigenvalue weighted by Crippen LogP contribution is -2.28. The number of aliphatic hydroxyl groups excluding tert-OH is 1. The molecule has 0 rings (SSSR count). The molecule has 0 aromatic carbocycles. The van der Waals surface area contributed by atoms with Crippen molar-refractivity contribution in [3.8, 4) is 0 Å². The molecule has 5 nitrogen and oxygen atoms in total. The zero-order valence-corrected chi connectivity index (χ0v) is 34.1. The van der Waals surface area contributed by atoms with Gasteiger partial charge in [-0.05, 0) is 18.8 Å². The van der Waals surface area contributed by atoms with Gasteiger partial charge in [0, 0.05) is 12.8 Å². The van der Waals surface area contributed by atoms with E-state index in [4.69, 9.17) is 9.47 Å². The van der Waals surface area contributed by atoms with Gasteiger partial charge in [-0.15, -0.1) is 0 Å². The minimum atomic E-state index is -0.762. The van der Waals surface area contributed by atoms with Gasteiger partial charge in [0.1, 0.15) is 6.61 Å². The highest BCUT2D eigenvalue weighted by molar-refractivity contribution is 5.70. The fraction of sp³-hybridized carbons (Fsp3) is 0.956. The van der Waals surface area contributed by atoms with E-state index >= 15 is 0 Å². The Morgan fingerprint density at radius 3 is 1.12 bits per heavy atom. The standard InChI is InChI=1S/C45H88O5/c1-4-6-7-8-9-10-11-12-20-24-27-30-33-36-39-45(48)50-43(40-46)41-49-44(47)38-35-32-29-26-23-21-18-16-14-13-15-17-19-22-25-28-31-34-37-42(3)5-2/h42-43,46H,4-41H2,1-3H3/t42?,43-/m0/s1.